The van der Waals surface area contributed by atoms with Crippen LogP contribution in [0.4, 0.5) is 4.39 Å². The Morgan fingerprint density at radius 3 is 2.33 bits per heavy atom. The molecule has 21 heavy (non-hydrogen) atoms. The van der Waals surface area contributed by atoms with Crippen LogP contribution in [0.5, 0.6) is 0 Å². The van der Waals surface area contributed by atoms with E-state index in [9.17, 15) is 4.39 Å². The van der Waals surface area contributed by atoms with E-state index in [1.54, 1.807) is 6.07 Å². The summed E-state index contributed by atoms with van der Waals surface area (Å²) in [6.45, 7) is 1.92. The van der Waals surface area contributed by atoms with Crippen LogP contribution in [0.2, 0.25) is 0 Å². The van der Waals surface area contributed by atoms with Crippen molar-refractivity contribution in [2.75, 3.05) is 13.1 Å². The van der Waals surface area contributed by atoms with Crippen LogP contribution in [0.25, 0.3) is 0 Å². The highest BCUT2D eigenvalue weighted by Gasteiger charge is 2.23. The summed E-state index contributed by atoms with van der Waals surface area (Å²) in [5.41, 5.74) is 1.61. The fourth-order valence-electron chi connectivity index (χ4n) is 2.77. The van der Waals surface area contributed by atoms with Crippen molar-refractivity contribution in [3.63, 3.8) is 0 Å². The normalized spacial score (nSPS) is 17.6. The Hall–Kier alpha value is -1.71. The number of hydrogen-bond donors (Lipinski definition) is 1. The van der Waals surface area contributed by atoms with Crippen molar-refractivity contribution < 1.29 is 9.13 Å². The molecular formula is C18H20FNO. The molecule has 0 spiro atoms. The summed E-state index contributed by atoms with van der Waals surface area (Å²) < 4.78 is 20.5. The molecule has 3 rings (SSSR count). The second-order valence-electron chi connectivity index (χ2n) is 5.40. The van der Waals surface area contributed by atoms with E-state index in [0.29, 0.717) is 5.56 Å². The average molecular weight is 285 g/mol. The topological polar surface area (TPSA) is 21.3 Å². The zero-order valence-corrected chi connectivity index (χ0v) is 12.0. The molecule has 2 nitrogen and oxygen atoms in total. The molecule has 0 amide bonds. The predicted octanol–water partition coefficient (Wildman–Crippen LogP) is 3.68. The molecule has 0 saturated carbocycles. The lowest BCUT2D eigenvalue weighted by atomic mass is 10.00. The molecule has 110 valence electrons. The van der Waals surface area contributed by atoms with Gasteiger partial charge in [-0.05, 0) is 37.6 Å². The maximum absolute atomic E-state index is 14.2. The van der Waals surface area contributed by atoms with E-state index in [1.165, 1.54) is 6.07 Å². The third-order valence-electron chi connectivity index (χ3n) is 3.90. The molecule has 1 fully saturated rings. The minimum absolute atomic E-state index is 0.177. The molecule has 3 heteroatoms. The molecule has 0 aromatic heterocycles. The molecule has 2 aromatic carbocycles. The second kappa shape index (κ2) is 6.83. The summed E-state index contributed by atoms with van der Waals surface area (Å²) >= 11 is 0. The first-order valence-corrected chi connectivity index (χ1v) is 7.50. The van der Waals surface area contributed by atoms with Gasteiger partial charge in [0.2, 0.25) is 0 Å². The fourth-order valence-corrected chi connectivity index (χ4v) is 2.77. The van der Waals surface area contributed by atoms with Gasteiger partial charge in [0, 0.05) is 5.56 Å². The van der Waals surface area contributed by atoms with Crippen LogP contribution in [0.1, 0.15) is 30.1 Å². The Kier molecular flexibility index (Phi) is 4.63. The van der Waals surface area contributed by atoms with Crippen LogP contribution in [0, 0.1) is 5.82 Å². The Labute approximate surface area is 125 Å². The fraction of sp³-hybridized carbons (Fsp3) is 0.333. The Balaban J connectivity index is 1.89. The van der Waals surface area contributed by atoms with Gasteiger partial charge in [0.05, 0.1) is 6.10 Å². The van der Waals surface area contributed by atoms with Crippen LogP contribution < -0.4 is 5.32 Å². The van der Waals surface area contributed by atoms with Crippen molar-refractivity contribution in [2.45, 2.75) is 25.0 Å². The molecule has 0 radical (unpaired) electrons. The van der Waals surface area contributed by atoms with E-state index >= 15 is 0 Å². The quantitative estimate of drug-likeness (QED) is 0.925. The van der Waals surface area contributed by atoms with Crippen molar-refractivity contribution in [1.29, 1.82) is 0 Å². The van der Waals surface area contributed by atoms with Crippen LogP contribution in [0.3, 0.4) is 0 Å². The largest absolute Gasteiger partial charge is 0.365 e. The van der Waals surface area contributed by atoms with Gasteiger partial charge in [0.25, 0.3) is 0 Å². The molecule has 1 unspecified atom stereocenters. The van der Waals surface area contributed by atoms with Gasteiger partial charge in [0.15, 0.2) is 0 Å². The molecule has 1 atom stereocenters. The van der Waals surface area contributed by atoms with Gasteiger partial charge >= 0.3 is 0 Å². The summed E-state index contributed by atoms with van der Waals surface area (Å²) in [6, 6.07) is 16.8. The van der Waals surface area contributed by atoms with E-state index < -0.39 is 0 Å². The lowest BCUT2D eigenvalue weighted by molar-refractivity contribution is -0.00948. The number of ether oxygens (including phenoxy) is 1. The Bertz CT molecular complexity index is 566. The van der Waals surface area contributed by atoms with Crippen LogP contribution in [-0.2, 0) is 4.74 Å². The maximum atomic E-state index is 14.2. The minimum atomic E-state index is -0.338. The number of halogens is 1. The van der Waals surface area contributed by atoms with Gasteiger partial charge in [-0.3, -0.25) is 0 Å². The number of nitrogens with one attached hydrogen (secondary N) is 1. The predicted molar refractivity (Wildman–Crippen MR) is 81.7 cm³/mol. The Morgan fingerprint density at radius 1 is 0.952 bits per heavy atom. The summed E-state index contributed by atoms with van der Waals surface area (Å²) in [4.78, 5) is 0. The summed E-state index contributed by atoms with van der Waals surface area (Å²) in [5.74, 6) is -0.208. The third-order valence-corrected chi connectivity index (χ3v) is 3.90. The first-order valence-electron chi connectivity index (χ1n) is 7.50. The molecule has 1 heterocycles. The van der Waals surface area contributed by atoms with Gasteiger partial charge < -0.3 is 10.1 Å². The smallest absolute Gasteiger partial charge is 0.129 e. The molecule has 0 bridgehead atoms. The monoisotopic (exact) mass is 285 g/mol. The highest BCUT2D eigenvalue weighted by atomic mass is 19.1. The van der Waals surface area contributed by atoms with Crippen molar-refractivity contribution in [3.8, 4) is 0 Å². The van der Waals surface area contributed by atoms with Crippen molar-refractivity contribution in [2.24, 2.45) is 0 Å². The Morgan fingerprint density at radius 2 is 1.62 bits per heavy atom. The van der Waals surface area contributed by atoms with E-state index in [-0.39, 0.29) is 18.0 Å². The molecule has 1 saturated heterocycles. The standard InChI is InChI=1S/C18H20FNO/c19-17-9-5-4-8-16(17)18(14-6-2-1-3-7-14)21-15-10-12-20-13-11-15/h1-9,15,18,20H,10-13H2. The number of benzene rings is 2. The summed E-state index contributed by atoms with van der Waals surface area (Å²) in [7, 11) is 0. The molecule has 0 aliphatic carbocycles. The number of hydrogen-bond acceptors (Lipinski definition) is 2. The minimum Gasteiger partial charge on any atom is -0.365 e. The molecular weight excluding hydrogens is 265 g/mol. The summed E-state index contributed by atoms with van der Waals surface area (Å²) in [5, 5.41) is 3.32. The van der Waals surface area contributed by atoms with Crippen molar-refractivity contribution >= 4 is 0 Å². The van der Waals surface area contributed by atoms with E-state index in [1.807, 2.05) is 42.5 Å². The number of rotatable bonds is 4. The molecule has 1 aliphatic heterocycles. The van der Waals surface area contributed by atoms with E-state index in [4.69, 9.17) is 4.74 Å². The van der Waals surface area contributed by atoms with E-state index in [0.717, 1.165) is 31.5 Å². The van der Waals surface area contributed by atoms with Crippen LogP contribution in [0.15, 0.2) is 54.6 Å². The zero-order valence-electron chi connectivity index (χ0n) is 12.0. The van der Waals surface area contributed by atoms with Crippen LogP contribution in [-0.4, -0.2) is 19.2 Å². The van der Waals surface area contributed by atoms with Gasteiger partial charge in [-0.2, -0.15) is 0 Å². The first-order chi connectivity index (χ1) is 10.3. The number of piperidine rings is 1. The van der Waals surface area contributed by atoms with Gasteiger partial charge in [-0.25, -0.2) is 4.39 Å². The first kappa shape index (κ1) is 14.2. The molecule has 2 aromatic rings. The van der Waals surface area contributed by atoms with Crippen molar-refractivity contribution in [1.82, 2.24) is 5.32 Å². The zero-order chi connectivity index (χ0) is 14.5. The van der Waals surface area contributed by atoms with Crippen LogP contribution >= 0.6 is 0 Å². The highest BCUT2D eigenvalue weighted by Crippen LogP contribution is 2.30. The average Bonchev–Trinajstić information content (AvgIpc) is 2.55. The van der Waals surface area contributed by atoms with E-state index in [2.05, 4.69) is 5.32 Å². The lowest BCUT2D eigenvalue weighted by Gasteiger charge is -2.29. The highest BCUT2D eigenvalue weighted by molar-refractivity contribution is 5.31. The van der Waals surface area contributed by atoms with Crippen molar-refractivity contribution in [3.05, 3.63) is 71.5 Å². The third kappa shape index (κ3) is 3.49. The molecule has 1 N–H and O–H groups in total. The SMILES string of the molecule is Fc1ccccc1C(OC1CCNCC1)c1ccccc1. The maximum Gasteiger partial charge on any atom is 0.129 e. The van der Waals surface area contributed by atoms with Gasteiger partial charge in [-0.1, -0.05) is 48.5 Å². The van der Waals surface area contributed by atoms with Gasteiger partial charge in [0.1, 0.15) is 11.9 Å². The molecule has 1 aliphatic rings. The second-order valence-corrected chi connectivity index (χ2v) is 5.40. The lowest BCUT2D eigenvalue weighted by Crippen LogP contribution is -2.33. The van der Waals surface area contributed by atoms with Gasteiger partial charge in [-0.15, -0.1) is 0 Å². The summed E-state index contributed by atoms with van der Waals surface area (Å²) in [6.07, 6.45) is 1.78.